The monoisotopic (exact) mass is 237 g/mol. The molecule has 0 bridgehead atoms. The van der Waals surface area contributed by atoms with Crippen LogP contribution in [0.5, 0.6) is 0 Å². The second kappa shape index (κ2) is 5.36. The van der Waals surface area contributed by atoms with Crippen molar-refractivity contribution in [2.75, 3.05) is 43.4 Å². The number of piperazine rings is 1. The number of nitrogens with zero attached hydrogens (tertiary/aromatic N) is 2. The summed E-state index contributed by atoms with van der Waals surface area (Å²) in [6.45, 7) is 7.25. The van der Waals surface area contributed by atoms with Crippen molar-refractivity contribution in [2.45, 2.75) is 13.3 Å². The van der Waals surface area contributed by atoms with Gasteiger partial charge in [-0.3, -0.25) is 4.90 Å². The van der Waals surface area contributed by atoms with E-state index >= 15 is 0 Å². The largest absolute Gasteiger partial charge is 0.395 e. The van der Waals surface area contributed by atoms with Crippen LogP contribution in [0.1, 0.15) is 13.3 Å². The first-order valence-corrected chi connectivity index (χ1v) is 6.23. The zero-order valence-electron chi connectivity index (χ0n) is 10.3. The molecule has 3 nitrogen and oxygen atoms in total. The molecule has 0 spiro atoms. The first kappa shape index (κ1) is 12.2. The zero-order valence-corrected chi connectivity index (χ0v) is 10.3. The molecule has 1 fully saturated rings. The maximum Gasteiger partial charge on any atom is 0.148 e. The number of nitrogen functional groups attached to an aromatic ring is 1. The lowest BCUT2D eigenvalue weighted by atomic mass is 10.2. The van der Waals surface area contributed by atoms with E-state index < -0.39 is 0 Å². The van der Waals surface area contributed by atoms with Gasteiger partial charge >= 0.3 is 0 Å². The second-order valence-corrected chi connectivity index (χ2v) is 4.50. The second-order valence-electron chi connectivity index (χ2n) is 4.50. The quantitative estimate of drug-likeness (QED) is 0.815. The fourth-order valence-electron chi connectivity index (χ4n) is 2.33. The molecule has 0 aliphatic carbocycles. The molecule has 1 aromatic carbocycles. The number of hydrogen-bond acceptors (Lipinski definition) is 3. The maximum absolute atomic E-state index is 13.4. The van der Waals surface area contributed by atoms with Gasteiger partial charge in [-0.05, 0) is 25.1 Å². The summed E-state index contributed by atoms with van der Waals surface area (Å²) in [7, 11) is 0. The van der Waals surface area contributed by atoms with Crippen molar-refractivity contribution in [3.05, 3.63) is 24.0 Å². The zero-order chi connectivity index (χ0) is 12.3. The molecule has 4 heteroatoms. The SMILES string of the molecule is CCCN1CCN(c2cccc(F)c2N)CC1. The molecule has 1 saturated heterocycles. The Balaban J connectivity index is 2.03. The minimum atomic E-state index is -0.321. The molecule has 2 rings (SSSR count). The van der Waals surface area contributed by atoms with Gasteiger partial charge in [0.2, 0.25) is 0 Å². The van der Waals surface area contributed by atoms with Crippen molar-refractivity contribution >= 4 is 11.4 Å². The van der Waals surface area contributed by atoms with Gasteiger partial charge in [-0.2, -0.15) is 0 Å². The van der Waals surface area contributed by atoms with Gasteiger partial charge in [-0.15, -0.1) is 0 Å². The summed E-state index contributed by atoms with van der Waals surface area (Å²) in [4.78, 5) is 4.61. The van der Waals surface area contributed by atoms with Crippen LogP contribution in [0.4, 0.5) is 15.8 Å². The minimum Gasteiger partial charge on any atom is -0.395 e. The van der Waals surface area contributed by atoms with Crippen LogP contribution in [0.2, 0.25) is 0 Å². The molecule has 1 heterocycles. The van der Waals surface area contributed by atoms with Gasteiger partial charge in [0.1, 0.15) is 5.82 Å². The molecule has 0 atom stereocenters. The fraction of sp³-hybridized carbons (Fsp3) is 0.538. The molecule has 0 saturated carbocycles. The summed E-state index contributed by atoms with van der Waals surface area (Å²) >= 11 is 0. The lowest BCUT2D eigenvalue weighted by Crippen LogP contribution is -2.46. The van der Waals surface area contributed by atoms with Crippen LogP contribution in [0.15, 0.2) is 18.2 Å². The van der Waals surface area contributed by atoms with Gasteiger partial charge in [0, 0.05) is 26.2 Å². The summed E-state index contributed by atoms with van der Waals surface area (Å²) in [5.41, 5.74) is 6.89. The number of para-hydroxylation sites is 1. The van der Waals surface area contributed by atoms with Crippen molar-refractivity contribution < 1.29 is 4.39 Å². The topological polar surface area (TPSA) is 32.5 Å². The number of anilines is 2. The Labute approximate surface area is 102 Å². The van der Waals surface area contributed by atoms with Crippen molar-refractivity contribution in [1.29, 1.82) is 0 Å². The average molecular weight is 237 g/mol. The summed E-state index contributed by atoms with van der Waals surface area (Å²) in [6, 6.07) is 5.03. The van der Waals surface area contributed by atoms with Crippen molar-refractivity contribution in [3.8, 4) is 0 Å². The molecular weight excluding hydrogens is 217 g/mol. The van der Waals surface area contributed by atoms with E-state index in [0.717, 1.165) is 38.4 Å². The van der Waals surface area contributed by atoms with E-state index in [0.29, 0.717) is 0 Å². The van der Waals surface area contributed by atoms with E-state index in [1.54, 1.807) is 6.07 Å². The molecule has 17 heavy (non-hydrogen) atoms. The molecule has 0 amide bonds. The van der Waals surface area contributed by atoms with Crippen LogP contribution >= 0.6 is 0 Å². The fourth-order valence-corrected chi connectivity index (χ4v) is 2.33. The highest BCUT2D eigenvalue weighted by atomic mass is 19.1. The van der Waals surface area contributed by atoms with Crippen LogP contribution in [0.25, 0.3) is 0 Å². The van der Waals surface area contributed by atoms with Gasteiger partial charge in [0.05, 0.1) is 11.4 Å². The van der Waals surface area contributed by atoms with Crippen LogP contribution in [-0.2, 0) is 0 Å². The van der Waals surface area contributed by atoms with E-state index in [9.17, 15) is 4.39 Å². The number of hydrogen-bond donors (Lipinski definition) is 1. The number of nitrogens with two attached hydrogens (primary N) is 1. The predicted molar refractivity (Wildman–Crippen MR) is 69.8 cm³/mol. The lowest BCUT2D eigenvalue weighted by molar-refractivity contribution is 0.258. The highest BCUT2D eigenvalue weighted by Crippen LogP contribution is 2.26. The Morgan fingerprint density at radius 2 is 1.94 bits per heavy atom. The third-order valence-corrected chi connectivity index (χ3v) is 3.28. The molecular formula is C13H20FN3. The molecule has 2 N–H and O–H groups in total. The molecule has 0 radical (unpaired) electrons. The summed E-state index contributed by atoms with van der Waals surface area (Å²) in [6.07, 6.45) is 1.18. The molecule has 1 aliphatic heterocycles. The Hall–Kier alpha value is -1.29. The first-order chi connectivity index (χ1) is 8.22. The van der Waals surface area contributed by atoms with Gasteiger partial charge < -0.3 is 10.6 Å². The third-order valence-electron chi connectivity index (χ3n) is 3.28. The van der Waals surface area contributed by atoms with Crippen molar-refractivity contribution in [2.24, 2.45) is 0 Å². The Bertz CT molecular complexity index is 373. The molecule has 1 aliphatic rings. The molecule has 94 valence electrons. The number of halogens is 1. The van der Waals surface area contributed by atoms with Gasteiger partial charge in [0.25, 0.3) is 0 Å². The van der Waals surface area contributed by atoms with E-state index in [1.165, 1.54) is 12.5 Å². The predicted octanol–water partition coefficient (Wildman–Crippen LogP) is 1.94. The minimum absolute atomic E-state index is 0.274. The third kappa shape index (κ3) is 2.69. The van der Waals surface area contributed by atoms with Crippen LogP contribution in [0, 0.1) is 5.82 Å². The standard InChI is InChI=1S/C13H20FN3/c1-2-6-16-7-9-17(10-8-16)12-5-3-4-11(14)13(12)15/h3-5H,2,6-10,15H2,1H3. The highest BCUT2D eigenvalue weighted by molar-refractivity contribution is 5.68. The lowest BCUT2D eigenvalue weighted by Gasteiger charge is -2.36. The van der Waals surface area contributed by atoms with Crippen LogP contribution in [-0.4, -0.2) is 37.6 Å². The maximum atomic E-state index is 13.4. The Kier molecular flexibility index (Phi) is 3.84. The van der Waals surface area contributed by atoms with Crippen LogP contribution < -0.4 is 10.6 Å². The van der Waals surface area contributed by atoms with Crippen molar-refractivity contribution in [1.82, 2.24) is 4.90 Å². The highest BCUT2D eigenvalue weighted by Gasteiger charge is 2.18. The van der Waals surface area contributed by atoms with Crippen LogP contribution in [0.3, 0.4) is 0 Å². The Morgan fingerprint density at radius 1 is 1.24 bits per heavy atom. The van der Waals surface area contributed by atoms with Gasteiger partial charge in [-0.1, -0.05) is 13.0 Å². The summed E-state index contributed by atoms with van der Waals surface area (Å²) in [5, 5.41) is 0. The normalized spacial score (nSPS) is 17.4. The summed E-state index contributed by atoms with van der Waals surface area (Å²) < 4.78 is 13.4. The molecule has 0 aromatic heterocycles. The average Bonchev–Trinajstić information content (AvgIpc) is 2.34. The smallest absolute Gasteiger partial charge is 0.148 e. The van der Waals surface area contributed by atoms with E-state index in [2.05, 4.69) is 16.7 Å². The van der Waals surface area contributed by atoms with Gasteiger partial charge in [0.15, 0.2) is 0 Å². The Morgan fingerprint density at radius 3 is 2.59 bits per heavy atom. The first-order valence-electron chi connectivity index (χ1n) is 6.23. The van der Waals surface area contributed by atoms with Gasteiger partial charge in [-0.25, -0.2) is 4.39 Å². The van der Waals surface area contributed by atoms with E-state index in [4.69, 9.17) is 5.73 Å². The van der Waals surface area contributed by atoms with Crippen molar-refractivity contribution in [3.63, 3.8) is 0 Å². The van der Waals surface area contributed by atoms with E-state index in [1.807, 2.05) is 6.07 Å². The van der Waals surface area contributed by atoms with E-state index in [-0.39, 0.29) is 11.5 Å². The number of benzene rings is 1. The number of rotatable bonds is 3. The molecule has 1 aromatic rings. The molecule has 0 unspecified atom stereocenters. The summed E-state index contributed by atoms with van der Waals surface area (Å²) in [5.74, 6) is -0.321.